The topological polar surface area (TPSA) is 37.4 Å². The number of nitrogens with zero attached hydrogens (tertiary/aromatic N) is 1. The Morgan fingerprint density at radius 2 is 1.76 bits per heavy atom. The second kappa shape index (κ2) is 4.10. The molecule has 0 radical (unpaired) electrons. The van der Waals surface area contributed by atoms with Crippen molar-refractivity contribution in [2.75, 3.05) is 13.1 Å². The van der Waals surface area contributed by atoms with E-state index in [2.05, 4.69) is 13.8 Å². The van der Waals surface area contributed by atoms with Gasteiger partial charge < -0.3 is 0 Å². The Morgan fingerprint density at radius 1 is 1.18 bits per heavy atom. The highest BCUT2D eigenvalue weighted by Gasteiger charge is 2.36. The second-order valence-electron chi connectivity index (χ2n) is 5.57. The van der Waals surface area contributed by atoms with Crippen LogP contribution in [0.3, 0.4) is 0 Å². The van der Waals surface area contributed by atoms with Crippen molar-refractivity contribution in [2.24, 2.45) is 5.41 Å². The zero-order valence-electron chi connectivity index (χ0n) is 10.6. The van der Waals surface area contributed by atoms with E-state index in [1.807, 2.05) is 19.1 Å². The lowest BCUT2D eigenvalue weighted by Crippen LogP contribution is -2.30. The summed E-state index contributed by atoms with van der Waals surface area (Å²) < 4.78 is 26.3. The van der Waals surface area contributed by atoms with Gasteiger partial charge in [-0.25, -0.2) is 8.42 Å². The fourth-order valence-corrected chi connectivity index (χ4v) is 3.76. The summed E-state index contributed by atoms with van der Waals surface area (Å²) in [4.78, 5) is 0.404. The first-order chi connectivity index (χ1) is 7.81. The fourth-order valence-electron chi connectivity index (χ4n) is 2.13. The maximum atomic E-state index is 12.4. The van der Waals surface area contributed by atoms with E-state index in [1.165, 1.54) is 0 Å². The quantitative estimate of drug-likeness (QED) is 0.811. The van der Waals surface area contributed by atoms with Crippen molar-refractivity contribution in [1.82, 2.24) is 4.31 Å². The molecule has 0 bridgehead atoms. The number of aryl methyl sites for hydroxylation is 1. The molecule has 1 saturated heterocycles. The standard InChI is InChI=1S/C13H19NO2S/c1-11-4-6-12(7-5-11)17(15,16)14-9-8-13(2,3)10-14/h4-7H,8-10H2,1-3H3. The van der Waals surface area contributed by atoms with Gasteiger partial charge in [0.05, 0.1) is 4.90 Å². The first-order valence-corrected chi connectivity index (χ1v) is 7.32. The van der Waals surface area contributed by atoms with Crippen LogP contribution in [-0.4, -0.2) is 25.8 Å². The normalized spacial score (nSPS) is 20.6. The van der Waals surface area contributed by atoms with Crippen molar-refractivity contribution in [3.05, 3.63) is 29.8 Å². The van der Waals surface area contributed by atoms with Crippen molar-refractivity contribution in [1.29, 1.82) is 0 Å². The maximum Gasteiger partial charge on any atom is 0.243 e. The number of benzene rings is 1. The number of rotatable bonds is 2. The third-order valence-corrected chi connectivity index (χ3v) is 5.16. The highest BCUT2D eigenvalue weighted by molar-refractivity contribution is 7.89. The molecule has 94 valence electrons. The molecule has 4 heteroatoms. The van der Waals surface area contributed by atoms with Gasteiger partial charge in [0.25, 0.3) is 0 Å². The van der Waals surface area contributed by atoms with Crippen LogP contribution in [-0.2, 0) is 10.0 Å². The maximum absolute atomic E-state index is 12.4. The van der Waals surface area contributed by atoms with Crippen molar-refractivity contribution in [3.8, 4) is 0 Å². The van der Waals surface area contributed by atoms with Gasteiger partial charge in [0, 0.05) is 13.1 Å². The summed E-state index contributed by atoms with van der Waals surface area (Å²) >= 11 is 0. The average Bonchev–Trinajstić information content (AvgIpc) is 2.60. The number of sulfonamides is 1. The predicted molar refractivity (Wildman–Crippen MR) is 68.3 cm³/mol. The largest absolute Gasteiger partial charge is 0.243 e. The van der Waals surface area contributed by atoms with Gasteiger partial charge in [0.1, 0.15) is 0 Å². The van der Waals surface area contributed by atoms with Crippen LogP contribution >= 0.6 is 0 Å². The van der Waals surface area contributed by atoms with E-state index in [4.69, 9.17) is 0 Å². The van der Waals surface area contributed by atoms with Crippen LogP contribution in [0.4, 0.5) is 0 Å². The van der Waals surface area contributed by atoms with Crippen LogP contribution in [0.5, 0.6) is 0 Å². The van der Waals surface area contributed by atoms with E-state index in [1.54, 1.807) is 16.4 Å². The zero-order valence-corrected chi connectivity index (χ0v) is 11.4. The molecule has 0 atom stereocenters. The van der Waals surface area contributed by atoms with Gasteiger partial charge in [0.15, 0.2) is 0 Å². The lowest BCUT2D eigenvalue weighted by atomic mass is 9.93. The molecular weight excluding hydrogens is 234 g/mol. The van der Waals surface area contributed by atoms with Crippen LogP contribution in [0.15, 0.2) is 29.2 Å². The summed E-state index contributed by atoms with van der Waals surface area (Å²) in [6, 6.07) is 7.06. The van der Waals surface area contributed by atoms with E-state index in [-0.39, 0.29) is 5.41 Å². The summed E-state index contributed by atoms with van der Waals surface area (Å²) in [6.45, 7) is 7.41. The Bertz CT molecular complexity index is 503. The van der Waals surface area contributed by atoms with Crippen molar-refractivity contribution < 1.29 is 8.42 Å². The number of hydrogen-bond acceptors (Lipinski definition) is 2. The molecule has 0 aromatic heterocycles. The van der Waals surface area contributed by atoms with Crippen LogP contribution in [0.25, 0.3) is 0 Å². The predicted octanol–water partition coefficient (Wildman–Crippen LogP) is 2.42. The monoisotopic (exact) mass is 253 g/mol. The molecule has 0 saturated carbocycles. The lowest BCUT2D eigenvalue weighted by Gasteiger charge is -2.19. The average molecular weight is 253 g/mol. The summed E-state index contributed by atoms with van der Waals surface area (Å²) in [5.74, 6) is 0. The highest BCUT2D eigenvalue weighted by atomic mass is 32.2. The summed E-state index contributed by atoms with van der Waals surface area (Å²) in [7, 11) is -3.29. The molecule has 0 spiro atoms. The molecule has 0 amide bonds. The summed E-state index contributed by atoms with van der Waals surface area (Å²) in [5.41, 5.74) is 1.17. The Hall–Kier alpha value is -0.870. The van der Waals surface area contributed by atoms with Gasteiger partial charge in [-0.3, -0.25) is 0 Å². The second-order valence-corrected chi connectivity index (χ2v) is 7.50. The van der Waals surface area contributed by atoms with Gasteiger partial charge in [-0.2, -0.15) is 4.31 Å². The molecule has 1 aromatic rings. The molecule has 1 aromatic carbocycles. The molecule has 1 fully saturated rings. The van der Waals surface area contributed by atoms with Crippen molar-refractivity contribution in [2.45, 2.75) is 32.1 Å². The SMILES string of the molecule is Cc1ccc(S(=O)(=O)N2CCC(C)(C)C2)cc1. The number of hydrogen-bond donors (Lipinski definition) is 0. The first-order valence-electron chi connectivity index (χ1n) is 5.88. The molecular formula is C13H19NO2S. The third kappa shape index (κ3) is 2.53. The summed E-state index contributed by atoms with van der Waals surface area (Å²) in [6.07, 6.45) is 0.929. The molecule has 2 rings (SSSR count). The molecule has 1 heterocycles. The van der Waals surface area contributed by atoms with Crippen LogP contribution in [0, 0.1) is 12.3 Å². The molecule has 1 aliphatic rings. The Kier molecular flexibility index (Phi) is 3.04. The molecule has 17 heavy (non-hydrogen) atoms. The molecule has 0 unspecified atom stereocenters. The van der Waals surface area contributed by atoms with E-state index in [0.717, 1.165) is 12.0 Å². The minimum absolute atomic E-state index is 0.0950. The van der Waals surface area contributed by atoms with Gasteiger partial charge in [-0.1, -0.05) is 31.5 Å². The van der Waals surface area contributed by atoms with Crippen molar-refractivity contribution in [3.63, 3.8) is 0 Å². The van der Waals surface area contributed by atoms with E-state index >= 15 is 0 Å². The van der Waals surface area contributed by atoms with E-state index in [0.29, 0.717) is 18.0 Å². The Balaban J connectivity index is 2.29. The summed E-state index contributed by atoms with van der Waals surface area (Å²) in [5, 5.41) is 0. The Morgan fingerprint density at radius 3 is 2.24 bits per heavy atom. The zero-order chi connectivity index (χ0) is 12.7. The van der Waals surface area contributed by atoms with Gasteiger partial charge in [-0.05, 0) is 30.9 Å². The molecule has 0 aliphatic carbocycles. The first kappa shape index (κ1) is 12.6. The van der Waals surface area contributed by atoms with Crippen LogP contribution < -0.4 is 0 Å². The Labute approximate surface area is 104 Å². The van der Waals surface area contributed by atoms with E-state index < -0.39 is 10.0 Å². The smallest absolute Gasteiger partial charge is 0.207 e. The van der Waals surface area contributed by atoms with Crippen molar-refractivity contribution >= 4 is 10.0 Å². The highest BCUT2D eigenvalue weighted by Crippen LogP contribution is 2.32. The third-order valence-electron chi connectivity index (χ3n) is 3.30. The molecule has 3 nitrogen and oxygen atoms in total. The van der Waals surface area contributed by atoms with Gasteiger partial charge in [0.2, 0.25) is 10.0 Å². The van der Waals surface area contributed by atoms with Crippen LogP contribution in [0.1, 0.15) is 25.8 Å². The lowest BCUT2D eigenvalue weighted by molar-refractivity contribution is 0.375. The fraction of sp³-hybridized carbons (Fsp3) is 0.538. The minimum Gasteiger partial charge on any atom is -0.207 e. The van der Waals surface area contributed by atoms with Gasteiger partial charge in [-0.15, -0.1) is 0 Å². The molecule has 0 N–H and O–H groups in total. The molecule has 1 aliphatic heterocycles. The minimum atomic E-state index is -3.29. The van der Waals surface area contributed by atoms with Crippen LogP contribution in [0.2, 0.25) is 0 Å². The van der Waals surface area contributed by atoms with Gasteiger partial charge >= 0.3 is 0 Å². The van der Waals surface area contributed by atoms with E-state index in [9.17, 15) is 8.42 Å².